The number of halogens is 4. The van der Waals surface area contributed by atoms with E-state index in [1.807, 2.05) is 0 Å². The van der Waals surface area contributed by atoms with Crippen molar-refractivity contribution in [3.63, 3.8) is 0 Å². The molecule has 0 aliphatic rings. The van der Waals surface area contributed by atoms with E-state index in [1.54, 1.807) is 0 Å². The molecule has 2 nitrogen and oxygen atoms in total. The molecule has 0 bridgehead atoms. The smallest absolute Gasteiger partial charge is 0.371 e. The second-order valence-electron chi connectivity index (χ2n) is 3.90. The van der Waals surface area contributed by atoms with Crippen molar-refractivity contribution in [2.24, 2.45) is 0 Å². The van der Waals surface area contributed by atoms with Crippen LogP contribution in [0.25, 0.3) is 0 Å². The molecule has 0 saturated heterocycles. The Hall–Kier alpha value is -1.59. The zero-order chi connectivity index (χ0) is 14.1. The van der Waals surface area contributed by atoms with Gasteiger partial charge < -0.3 is 5.11 Å². The van der Waals surface area contributed by atoms with E-state index in [1.165, 1.54) is 36.5 Å². The first-order valence-corrected chi connectivity index (χ1v) is 5.71. The fourth-order valence-corrected chi connectivity index (χ4v) is 2.04. The van der Waals surface area contributed by atoms with Crippen LogP contribution < -0.4 is 0 Å². The molecule has 0 spiro atoms. The predicted molar refractivity (Wildman–Crippen MR) is 64.7 cm³/mol. The third kappa shape index (κ3) is 2.31. The van der Waals surface area contributed by atoms with E-state index in [0.717, 1.165) is 12.1 Å². The molecule has 0 aliphatic heterocycles. The van der Waals surface area contributed by atoms with Crippen molar-refractivity contribution in [2.75, 3.05) is 0 Å². The topological polar surface area (TPSA) is 33.1 Å². The van der Waals surface area contributed by atoms with E-state index in [9.17, 15) is 18.3 Å². The number of aliphatic hydroxyl groups is 1. The monoisotopic (exact) mass is 287 g/mol. The van der Waals surface area contributed by atoms with Crippen molar-refractivity contribution in [3.8, 4) is 0 Å². The maximum absolute atomic E-state index is 13.3. The van der Waals surface area contributed by atoms with Gasteiger partial charge in [0.1, 0.15) is 0 Å². The highest BCUT2D eigenvalue weighted by atomic mass is 35.5. The molecular formula is C13H9ClF3NO. The molecule has 1 N–H and O–H groups in total. The van der Waals surface area contributed by atoms with E-state index in [0.29, 0.717) is 0 Å². The summed E-state index contributed by atoms with van der Waals surface area (Å²) in [6.07, 6.45) is -3.75. The highest BCUT2D eigenvalue weighted by molar-refractivity contribution is 6.31. The van der Waals surface area contributed by atoms with E-state index in [4.69, 9.17) is 11.6 Å². The predicted octanol–water partition coefficient (Wildman–Crippen LogP) is 3.53. The number of nitrogens with zero attached hydrogens (tertiary/aromatic N) is 1. The van der Waals surface area contributed by atoms with E-state index >= 15 is 0 Å². The number of hydrogen-bond donors (Lipinski definition) is 1. The number of pyridine rings is 1. The van der Waals surface area contributed by atoms with Gasteiger partial charge in [0, 0.05) is 16.8 Å². The molecule has 19 heavy (non-hydrogen) atoms. The molecule has 1 aromatic heterocycles. The van der Waals surface area contributed by atoms with Crippen molar-refractivity contribution in [1.29, 1.82) is 0 Å². The van der Waals surface area contributed by atoms with Gasteiger partial charge in [-0.05, 0) is 18.2 Å². The summed E-state index contributed by atoms with van der Waals surface area (Å²) in [6.45, 7) is 0. The molecule has 0 aliphatic carbocycles. The third-order valence-corrected chi connectivity index (χ3v) is 3.04. The minimum atomic E-state index is -4.94. The van der Waals surface area contributed by atoms with Crippen LogP contribution in [0, 0.1) is 0 Å². The largest absolute Gasteiger partial charge is 0.427 e. The quantitative estimate of drug-likeness (QED) is 0.916. The molecule has 1 unspecified atom stereocenters. The van der Waals surface area contributed by atoms with Crippen LogP contribution in [0.5, 0.6) is 0 Å². The van der Waals surface area contributed by atoms with E-state index < -0.39 is 23.0 Å². The molecule has 1 aromatic carbocycles. The molecule has 0 amide bonds. The standard InChI is InChI=1S/C13H9ClF3NO/c14-10-6-2-1-5-9(10)12(19,13(15,16)17)11-7-3-4-8-18-11/h1-8,19H. The van der Waals surface area contributed by atoms with E-state index in [2.05, 4.69) is 4.98 Å². The summed E-state index contributed by atoms with van der Waals surface area (Å²) in [7, 11) is 0. The summed E-state index contributed by atoms with van der Waals surface area (Å²) in [5.41, 5.74) is -4.19. The molecule has 1 atom stereocenters. The van der Waals surface area contributed by atoms with Crippen molar-refractivity contribution >= 4 is 11.6 Å². The van der Waals surface area contributed by atoms with Crippen molar-refractivity contribution in [3.05, 3.63) is 64.9 Å². The van der Waals surface area contributed by atoms with Gasteiger partial charge in [0.05, 0.1) is 5.69 Å². The summed E-state index contributed by atoms with van der Waals surface area (Å²) in [4.78, 5) is 3.61. The zero-order valence-corrected chi connectivity index (χ0v) is 10.3. The van der Waals surface area contributed by atoms with Gasteiger partial charge in [-0.15, -0.1) is 0 Å². The van der Waals surface area contributed by atoms with Gasteiger partial charge in [-0.1, -0.05) is 35.9 Å². The highest BCUT2D eigenvalue weighted by Gasteiger charge is 2.58. The fourth-order valence-electron chi connectivity index (χ4n) is 1.77. The lowest BCUT2D eigenvalue weighted by atomic mass is 9.89. The van der Waals surface area contributed by atoms with Crippen molar-refractivity contribution in [2.45, 2.75) is 11.8 Å². The second-order valence-corrected chi connectivity index (χ2v) is 4.31. The average molecular weight is 288 g/mol. The maximum Gasteiger partial charge on any atom is 0.427 e. The lowest BCUT2D eigenvalue weighted by Crippen LogP contribution is -2.44. The Labute approximate surface area is 112 Å². The minimum absolute atomic E-state index is 0.173. The minimum Gasteiger partial charge on any atom is -0.371 e. The summed E-state index contributed by atoms with van der Waals surface area (Å²) in [6, 6.07) is 9.22. The summed E-state index contributed by atoms with van der Waals surface area (Å²) < 4.78 is 39.9. The first-order valence-electron chi connectivity index (χ1n) is 5.33. The van der Waals surface area contributed by atoms with Gasteiger partial charge in [0.2, 0.25) is 5.60 Å². The molecule has 6 heteroatoms. The number of benzene rings is 1. The maximum atomic E-state index is 13.3. The SMILES string of the molecule is OC(c1ccccn1)(c1ccccc1Cl)C(F)(F)F. The number of aromatic nitrogens is 1. The van der Waals surface area contributed by atoms with Crippen molar-refractivity contribution in [1.82, 2.24) is 4.98 Å². The van der Waals surface area contributed by atoms with Gasteiger partial charge >= 0.3 is 6.18 Å². The van der Waals surface area contributed by atoms with Crippen LogP contribution in [0.1, 0.15) is 11.3 Å². The van der Waals surface area contributed by atoms with Gasteiger partial charge in [-0.25, -0.2) is 0 Å². The van der Waals surface area contributed by atoms with Crippen molar-refractivity contribution < 1.29 is 18.3 Å². The Bertz CT molecular complexity index is 574. The van der Waals surface area contributed by atoms with Gasteiger partial charge in [0.15, 0.2) is 0 Å². The van der Waals surface area contributed by atoms with Crippen LogP contribution in [-0.4, -0.2) is 16.3 Å². The molecule has 0 saturated carbocycles. The third-order valence-electron chi connectivity index (χ3n) is 2.71. The van der Waals surface area contributed by atoms with Crippen LogP contribution in [0.15, 0.2) is 48.7 Å². The van der Waals surface area contributed by atoms with Crippen LogP contribution in [0.4, 0.5) is 13.2 Å². The highest BCUT2D eigenvalue weighted by Crippen LogP contribution is 2.45. The van der Waals surface area contributed by atoms with Crippen LogP contribution in [0.2, 0.25) is 5.02 Å². The Morgan fingerprint density at radius 3 is 2.16 bits per heavy atom. The lowest BCUT2D eigenvalue weighted by molar-refractivity contribution is -0.249. The van der Waals surface area contributed by atoms with Gasteiger partial charge in [-0.3, -0.25) is 4.98 Å². The Morgan fingerprint density at radius 1 is 1.00 bits per heavy atom. The fraction of sp³-hybridized carbons (Fsp3) is 0.154. The molecular weight excluding hydrogens is 279 g/mol. The average Bonchev–Trinajstić information content (AvgIpc) is 2.38. The van der Waals surface area contributed by atoms with Crippen LogP contribution >= 0.6 is 11.6 Å². The Kier molecular flexibility index (Phi) is 3.52. The zero-order valence-electron chi connectivity index (χ0n) is 9.53. The molecule has 2 rings (SSSR count). The summed E-state index contributed by atoms with van der Waals surface area (Å²) >= 11 is 5.78. The second kappa shape index (κ2) is 4.83. The summed E-state index contributed by atoms with van der Waals surface area (Å²) in [5, 5.41) is 10.0. The molecule has 2 aromatic rings. The Balaban J connectivity index is 2.71. The first kappa shape index (κ1) is 13.8. The number of rotatable bonds is 2. The van der Waals surface area contributed by atoms with Crippen LogP contribution in [0.3, 0.4) is 0 Å². The number of hydrogen-bond acceptors (Lipinski definition) is 2. The van der Waals surface area contributed by atoms with Gasteiger partial charge in [0.25, 0.3) is 0 Å². The summed E-state index contributed by atoms with van der Waals surface area (Å²) in [5.74, 6) is 0. The normalized spacial score (nSPS) is 15.0. The Morgan fingerprint density at radius 2 is 1.63 bits per heavy atom. The molecule has 1 heterocycles. The lowest BCUT2D eigenvalue weighted by Gasteiger charge is -2.31. The van der Waals surface area contributed by atoms with Gasteiger partial charge in [-0.2, -0.15) is 13.2 Å². The molecule has 100 valence electrons. The molecule has 0 fully saturated rings. The van der Waals surface area contributed by atoms with Crippen LogP contribution in [-0.2, 0) is 5.60 Å². The first-order chi connectivity index (χ1) is 8.87. The molecule has 0 radical (unpaired) electrons. The van der Waals surface area contributed by atoms with E-state index in [-0.39, 0.29) is 5.02 Å². The number of alkyl halides is 3.